The van der Waals surface area contributed by atoms with Gasteiger partial charge in [-0.25, -0.2) is 0 Å². The molecule has 124 valence electrons. The summed E-state index contributed by atoms with van der Waals surface area (Å²) in [5.41, 5.74) is 10.3. The predicted molar refractivity (Wildman–Crippen MR) is 96.8 cm³/mol. The first kappa shape index (κ1) is 17.0. The van der Waals surface area contributed by atoms with Crippen LogP contribution in [0.15, 0.2) is 36.7 Å². The van der Waals surface area contributed by atoms with Crippen LogP contribution in [0.1, 0.15) is 33.4 Å². The fraction of sp³-hybridized carbons (Fsp3) is 0.286. The summed E-state index contributed by atoms with van der Waals surface area (Å²) in [6.07, 6.45) is 4.30. The molecule has 2 aromatic carbocycles. The van der Waals surface area contributed by atoms with Crippen LogP contribution in [0.25, 0.3) is 11.4 Å². The molecule has 0 radical (unpaired) electrons. The first-order chi connectivity index (χ1) is 11.3. The Morgan fingerprint density at radius 2 is 0.875 bits per heavy atom. The van der Waals surface area contributed by atoms with E-state index >= 15 is 0 Å². The van der Waals surface area contributed by atoms with Gasteiger partial charge in [0.1, 0.15) is 0 Å². The van der Waals surface area contributed by atoms with Gasteiger partial charge in [-0.2, -0.15) is 0 Å². The van der Waals surface area contributed by atoms with Gasteiger partial charge in [-0.05, 0) is 0 Å². The maximum atomic E-state index is 3.28. The molecule has 0 aliphatic rings. The Hall–Kier alpha value is -1.82. The molecule has 0 saturated heterocycles. The fourth-order valence-corrected chi connectivity index (χ4v) is 4.30. The zero-order valence-corrected chi connectivity index (χ0v) is 16.5. The van der Waals surface area contributed by atoms with Gasteiger partial charge >= 0.3 is 152 Å². The average Bonchev–Trinajstić information content (AvgIpc) is 2.79. The molecule has 3 rings (SSSR count). The molecule has 0 aliphatic heterocycles. The molecule has 3 aromatic rings. The molecule has 0 bridgehead atoms. The van der Waals surface area contributed by atoms with Crippen molar-refractivity contribution in [2.45, 2.75) is 41.5 Å². The van der Waals surface area contributed by atoms with Crippen LogP contribution in [0.2, 0.25) is 0 Å². The molecule has 1 heterocycles. The van der Waals surface area contributed by atoms with Crippen LogP contribution in [-0.2, 0) is 15.9 Å². The molecular formula is C21H24CrN2. The molecule has 24 heavy (non-hydrogen) atoms. The summed E-state index contributed by atoms with van der Waals surface area (Å²) in [6, 6.07) is 8.98. The number of hydrogen-bond acceptors (Lipinski definition) is 0. The summed E-state index contributed by atoms with van der Waals surface area (Å²) in [7, 11) is 0. The summed E-state index contributed by atoms with van der Waals surface area (Å²) >= 11 is 3.28. The summed E-state index contributed by atoms with van der Waals surface area (Å²) in [4.78, 5) is 0. The van der Waals surface area contributed by atoms with Gasteiger partial charge in [-0.1, -0.05) is 0 Å². The molecule has 0 unspecified atom stereocenters. The molecule has 0 spiro atoms. The number of nitrogens with zero attached hydrogens (tertiary/aromatic N) is 2. The third-order valence-corrected chi connectivity index (χ3v) is 5.14. The van der Waals surface area contributed by atoms with Crippen LogP contribution in [0.3, 0.4) is 0 Å². The summed E-state index contributed by atoms with van der Waals surface area (Å²) in [6.45, 7) is 13.0. The molecule has 1 aromatic heterocycles. The Kier molecular flexibility index (Phi) is 4.43. The van der Waals surface area contributed by atoms with Gasteiger partial charge in [0.2, 0.25) is 0 Å². The van der Waals surface area contributed by atoms with Crippen molar-refractivity contribution in [1.29, 1.82) is 0 Å². The average molecular weight is 356 g/mol. The second kappa shape index (κ2) is 6.24. The Labute approximate surface area is 152 Å². The quantitative estimate of drug-likeness (QED) is 0.597. The number of hydrogen-bond donors (Lipinski definition) is 0. The molecule has 0 atom stereocenters. The first-order valence-electron chi connectivity index (χ1n) is 8.26. The monoisotopic (exact) mass is 356 g/mol. The van der Waals surface area contributed by atoms with E-state index in [2.05, 4.69) is 103 Å². The van der Waals surface area contributed by atoms with Crippen molar-refractivity contribution in [3.63, 3.8) is 0 Å². The molecule has 0 saturated carbocycles. The Morgan fingerprint density at radius 3 is 1.17 bits per heavy atom. The fourth-order valence-electron chi connectivity index (χ4n) is 3.82. The summed E-state index contributed by atoms with van der Waals surface area (Å²) in [5.74, 6) is 0. The van der Waals surface area contributed by atoms with E-state index in [0.29, 0.717) is 0 Å². The van der Waals surface area contributed by atoms with Crippen LogP contribution < -0.4 is 0 Å². The molecule has 0 aliphatic carbocycles. The first-order valence-corrected chi connectivity index (χ1v) is 8.90. The van der Waals surface area contributed by atoms with Gasteiger partial charge in [0, 0.05) is 0 Å². The van der Waals surface area contributed by atoms with Gasteiger partial charge in [-0.15, -0.1) is 0 Å². The Bertz CT molecular complexity index is 865. The van der Waals surface area contributed by atoms with E-state index in [1.165, 1.54) is 44.8 Å². The maximum absolute atomic E-state index is 3.28. The minimum atomic E-state index is 1.10. The van der Waals surface area contributed by atoms with Crippen molar-refractivity contribution in [2.75, 3.05) is 0 Å². The van der Waals surface area contributed by atoms with Gasteiger partial charge in [-0.3, -0.25) is 0 Å². The normalized spacial score (nSPS) is 11.1. The standard InChI is InChI=1S/C21H24N2.Cr/c1-14-9-16(3)20(17(4)10-14)22-7-8-23(13-22)21-18(5)11-15(2)12-19(21)6;/h7-12H,1-6H3;. The van der Waals surface area contributed by atoms with E-state index in [-0.39, 0.29) is 0 Å². The third kappa shape index (κ3) is 2.83. The molecule has 0 N–H and O–H groups in total. The third-order valence-electron chi connectivity index (χ3n) is 4.53. The Balaban J connectivity index is 2.24. The van der Waals surface area contributed by atoms with Crippen LogP contribution in [0.5, 0.6) is 0 Å². The van der Waals surface area contributed by atoms with Crippen LogP contribution >= 0.6 is 0 Å². The topological polar surface area (TPSA) is 9.86 Å². The predicted octanol–water partition coefficient (Wildman–Crippen LogP) is 5.20. The van der Waals surface area contributed by atoms with Gasteiger partial charge in [0.05, 0.1) is 0 Å². The second-order valence-electron chi connectivity index (χ2n) is 6.82. The molecule has 0 fully saturated rings. The van der Waals surface area contributed by atoms with Gasteiger partial charge < -0.3 is 0 Å². The van der Waals surface area contributed by atoms with E-state index in [4.69, 9.17) is 0 Å². The van der Waals surface area contributed by atoms with E-state index in [1.54, 1.807) is 0 Å². The Morgan fingerprint density at radius 1 is 0.583 bits per heavy atom. The van der Waals surface area contributed by atoms with Crippen LogP contribution in [0.4, 0.5) is 0 Å². The van der Waals surface area contributed by atoms with Crippen LogP contribution in [-0.4, -0.2) is 9.13 Å². The zero-order chi connectivity index (χ0) is 17.6. The number of imidazole rings is 1. The second-order valence-corrected chi connectivity index (χ2v) is 7.39. The van der Waals surface area contributed by atoms with E-state index in [9.17, 15) is 0 Å². The SMILES string of the molecule is Cc1cc(C)c(-n2ccn(-c3c(C)cc(C)cc3C)[c]2=[Cr])c(C)c1. The van der Waals surface area contributed by atoms with Crippen LogP contribution in [0, 0.1) is 45.8 Å². The summed E-state index contributed by atoms with van der Waals surface area (Å²) < 4.78 is 5.60. The van der Waals surface area contributed by atoms with Gasteiger partial charge in [0.15, 0.2) is 0 Å². The van der Waals surface area contributed by atoms with Crippen molar-refractivity contribution in [3.05, 3.63) is 74.3 Å². The number of aryl methyl sites for hydroxylation is 6. The molecule has 2 nitrogen and oxygen atoms in total. The van der Waals surface area contributed by atoms with Crippen molar-refractivity contribution in [2.24, 2.45) is 0 Å². The number of aromatic nitrogens is 2. The zero-order valence-electron chi connectivity index (χ0n) is 15.3. The minimum absolute atomic E-state index is 1.10. The van der Waals surface area contributed by atoms with E-state index in [1.807, 2.05) is 0 Å². The number of rotatable bonds is 2. The van der Waals surface area contributed by atoms with Crippen molar-refractivity contribution < 1.29 is 15.9 Å². The molecule has 3 heteroatoms. The van der Waals surface area contributed by atoms with E-state index < -0.39 is 0 Å². The van der Waals surface area contributed by atoms with Crippen molar-refractivity contribution in [1.82, 2.24) is 9.13 Å². The summed E-state index contributed by atoms with van der Waals surface area (Å²) in [5, 5.41) is 0. The molecular weight excluding hydrogens is 332 g/mol. The molecule has 0 amide bonds. The van der Waals surface area contributed by atoms with E-state index in [0.717, 1.165) is 4.29 Å². The van der Waals surface area contributed by atoms with Gasteiger partial charge in [0.25, 0.3) is 0 Å². The van der Waals surface area contributed by atoms with Crippen molar-refractivity contribution >= 4 is 0 Å². The van der Waals surface area contributed by atoms with Crippen molar-refractivity contribution in [3.8, 4) is 11.4 Å². The number of benzene rings is 2.